The predicted molar refractivity (Wildman–Crippen MR) is 115 cm³/mol. The summed E-state index contributed by atoms with van der Waals surface area (Å²) in [6.07, 6.45) is -1.87. The van der Waals surface area contributed by atoms with Gasteiger partial charge in [0.25, 0.3) is 10.0 Å². The predicted octanol–water partition coefficient (Wildman–Crippen LogP) is 5.77. The fourth-order valence-corrected chi connectivity index (χ4v) is 5.10. The van der Waals surface area contributed by atoms with Gasteiger partial charge in [0.15, 0.2) is 5.82 Å². The largest absolute Gasteiger partial charge is 0.464 e. The second-order valence-electron chi connectivity index (χ2n) is 6.17. The zero-order valence-corrected chi connectivity index (χ0v) is 18.7. The van der Waals surface area contributed by atoms with Crippen LogP contribution in [0, 0.1) is 11.6 Å². The van der Waals surface area contributed by atoms with E-state index in [1.54, 1.807) is 6.92 Å². The number of nitrogens with zero attached hydrogens (tertiary/aromatic N) is 2. The van der Waals surface area contributed by atoms with Crippen LogP contribution in [0.4, 0.5) is 25.1 Å². The Morgan fingerprint density at radius 2 is 1.97 bits per heavy atom. The number of hydrogen-bond acceptors (Lipinski definition) is 6. The molecule has 0 bridgehead atoms. The van der Waals surface area contributed by atoms with Gasteiger partial charge in [0.1, 0.15) is 16.5 Å². The van der Waals surface area contributed by atoms with Gasteiger partial charge in [0.05, 0.1) is 27.3 Å². The number of halogens is 4. The molecule has 2 aromatic carbocycles. The van der Waals surface area contributed by atoms with Crippen LogP contribution in [0.3, 0.4) is 0 Å². The van der Waals surface area contributed by atoms with Gasteiger partial charge in [0.2, 0.25) is 0 Å². The Balaban J connectivity index is 1.98. The third kappa shape index (κ3) is 4.59. The molecule has 0 fully saturated rings. The van der Waals surface area contributed by atoms with Crippen molar-refractivity contribution in [1.29, 1.82) is 0 Å². The zero-order valence-electron chi connectivity index (χ0n) is 15.5. The number of benzene rings is 2. The SMILES string of the molecule is CC(Nc1cc(F)c(S(=O)(=O)N(C(=O)O)c2cscn2)cc1Cl)c1cccc(Cl)c1F. The fourth-order valence-electron chi connectivity index (χ4n) is 2.73. The number of rotatable bonds is 6. The number of hydrogen-bond donors (Lipinski definition) is 2. The minimum atomic E-state index is -4.87. The van der Waals surface area contributed by atoms with Crippen molar-refractivity contribution in [2.45, 2.75) is 17.9 Å². The molecule has 164 valence electrons. The van der Waals surface area contributed by atoms with Crippen molar-refractivity contribution in [3.8, 4) is 0 Å². The average molecular weight is 508 g/mol. The molecule has 0 aliphatic heterocycles. The number of anilines is 2. The first-order valence-corrected chi connectivity index (χ1v) is 11.5. The summed E-state index contributed by atoms with van der Waals surface area (Å²) in [5.41, 5.74) is 1.38. The molecule has 0 aliphatic carbocycles. The van der Waals surface area contributed by atoms with E-state index in [4.69, 9.17) is 23.2 Å². The first-order valence-electron chi connectivity index (χ1n) is 8.40. The van der Waals surface area contributed by atoms with Gasteiger partial charge in [0, 0.05) is 10.9 Å². The van der Waals surface area contributed by atoms with Gasteiger partial charge in [-0.1, -0.05) is 35.3 Å². The van der Waals surface area contributed by atoms with E-state index in [2.05, 4.69) is 10.3 Å². The van der Waals surface area contributed by atoms with E-state index in [1.807, 2.05) is 0 Å². The van der Waals surface area contributed by atoms with Gasteiger partial charge in [-0.2, -0.15) is 0 Å². The van der Waals surface area contributed by atoms with Crippen molar-refractivity contribution in [2.75, 3.05) is 9.62 Å². The summed E-state index contributed by atoms with van der Waals surface area (Å²) < 4.78 is 54.6. The molecule has 1 atom stereocenters. The summed E-state index contributed by atoms with van der Waals surface area (Å²) in [6, 6.07) is 5.24. The number of thiazole rings is 1. The quantitative estimate of drug-likeness (QED) is 0.438. The molecule has 0 spiro atoms. The zero-order chi connectivity index (χ0) is 22.9. The van der Waals surface area contributed by atoms with Gasteiger partial charge in [-0.3, -0.25) is 0 Å². The van der Waals surface area contributed by atoms with Crippen LogP contribution in [0.25, 0.3) is 0 Å². The molecule has 0 saturated heterocycles. The summed E-state index contributed by atoms with van der Waals surface area (Å²) in [7, 11) is -4.87. The van der Waals surface area contributed by atoms with Gasteiger partial charge in [-0.05, 0) is 25.1 Å². The van der Waals surface area contributed by atoms with Crippen molar-refractivity contribution >= 4 is 62.2 Å². The number of aromatic nitrogens is 1. The van der Waals surface area contributed by atoms with Crippen molar-refractivity contribution in [3.63, 3.8) is 0 Å². The van der Waals surface area contributed by atoms with E-state index in [1.165, 1.54) is 29.1 Å². The standard InChI is InChI=1S/C18H13Cl2F2N3O4S2/c1-9(10-3-2-4-11(19)17(10)22)24-14-6-13(21)15(5-12(14)20)31(28,29)25(18(26)27)16-7-30-8-23-16/h2-9,24H,1H3,(H,26,27). The van der Waals surface area contributed by atoms with E-state index >= 15 is 0 Å². The molecule has 7 nitrogen and oxygen atoms in total. The molecule has 1 amide bonds. The Hall–Kier alpha value is -2.47. The maximum absolute atomic E-state index is 14.8. The Morgan fingerprint density at radius 3 is 2.58 bits per heavy atom. The lowest BCUT2D eigenvalue weighted by atomic mass is 10.1. The first-order chi connectivity index (χ1) is 14.5. The topological polar surface area (TPSA) is 99.6 Å². The maximum Gasteiger partial charge on any atom is 0.427 e. The van der Waals surface area contributed by atoms with Crippen LogP contribution in [-0.2, 0) is 10.0 Å². The molecular formula is C18H13Cl2F2N3O4S2. The first kappa shape index (κ1) is 23.2. The van der Waals surface area contributed by atoms with E-state index in [9.17, 15) is 27.1 Å². The summed E-state index contributed by atoms with van der Waals surface area (Å²) in [5.74, 6) is -2.33. The van der Waals surface area contributed by atoms with Gasteiger partial charge in [-0.25, -0.2) is 27.0 Å². The second-order valence-corrected chi connectivity index (χ2v) is 9.46. The normalized spacial score (nSPS) is 12.4. The van der Waals surface area contributed by atoms with Gasteiger partial charge < -0.3 is 10.4 Å². The van der Waals surface area contributed by atoms with Crippen molar-refractivity contribution in [2.24, 2.45) is 0 Å². The molecule has 3 rings (SSSR count). The monoisotopic (exact) mass is 507 g/mol. The Labute approximate surface area is 189 Å². The fraction of sp³-hybridized carbons (Fsp3) is 0.111. The van der Waals surface area contributed by atoms with Crippen LogP contribution in [-0.4, -0.2) is 24.6 Å². The summed E-state index contributed by atoms with van der Waals surface area (Å²) in [6.45, 7) is 1.57. The molecule has 2 N–H and O–H groups in total. The average Bonchev–Trinajstić information content (AvgIpc) is 3.19. The highest BCUT2D eigenvalue weighted by molar-refractivity contribution is 7.93. The van der Waals surface area contributed by atoms with Crippen LogP contribution in [0.5, 0.6) is 0 Å². The minimum absolute atomic E-state index is 0.0273. The highest BCUT2D eigenvalue weighted by Crippen LogP contribution is 2.34. The summed E-state index contributed by atoms with van der Waals surface area (Å²) in [5, 5.41) is 13.0. The van der Waals surface area contributed by atoms with E-state index < -0.39 is 44.5 Å². The Morgan fingerprint density at radius 1 is 1.26 bits per heavy atom. The molecular weight excluding hydrogens is 495 g/mol. The minimum Gasteiger partial charge on any atom is -0.464 e. The third-order valence-corrected chi connectivity index (χ3v) is 7.03. The lowest BCUT2D eigenvalue weighted by Crippen LogP contribution is -2.36. The van der Waals surface area contributed by atoms with Crippen LogP contribution >= 0.6 is 34.5 Å². The smallest absolute Gasteiger partial charge is 0.427 e. The van der Waals surface area contributed by atoms with Crippen molar-refractivity contribution in [1.82, 2.24) is 4.98 Å². The number of sulfonamides is 1. The van der Waals surface area contributed by atoms with Crippen molar-refractivity contribution in [3.05, 3.63) is 68.5 Å². The number of nitrogens with one attached hydrogen (secondary N) is 1. The van der Waals surface area contributed by atoms with Crippen LogP contribution in [0.1, 0.15) is 18.5 Å². The number of amides is 1. The molecule has 1 heterocycles. The van der Waals surface area contributed by atoms with Gasteiger partial charge in [-0.15, -0.1) is 15.6 Å². The second kappa shape index (κ2) is 8.95. The maximum atomic E-state index is 14.8. The van der Waals surface area contributed by atoms with Crippen LogP contribution in [0.2, 0.25) is 10.0 Å². The lowest BCUT2D eigenvalue weighted by Gasteiger charge is -2.20. The highest BCUT2D eigenvalue weighted by atomic mass is 35.5. The molecule has 1 aromatic heterocycles. The van der Waals surface area contributed by atoms with Crippen molar-refractivity contribution < 1.29 is 27.1 Å². The molecule has 13 heteroatoms. The summed E-state index contributed by atoms with van der Waals surface area (Å²) >= 11 is 12.9. The molecule has 31 heavy (non-hydrogen) atoms. The highest BCUT2D eigenvalue weighted by Gasteiger charge is 2.35. The third-order valence-electron chi connectivity index (χ3n) is 4.16. The van der Waals surface area contributed by atoms with E-state index in [-0.39, 0.29) is 25.6 Å². The Kier molecular flexibility index (Phi) is 6.70. The summed E-state index contributed by atoms with van der Waals surface area (Å²) in [4.78, 5) is 14.2. The lowest BCUT2D eigenvalue weighted by molar-refractivity contribution is 0.206. The van der Waals surface area contributed by atoms with Crippen LogP contribution in [0.15, 0.2) is 46.1 Å². The van der Waals surface area contributed by atoms with E-state index in [0.717, 1.165) is 23.5 Å². The molecule has 0 aliphatic rings. The van der Waals surface area contributed by atoms with E-state index in [0.29, 0.717) is 0 Å². The number of carboxylic acid groups (broad SMARTS) is 1. The Bertz CT molecular complexity index is 1240. The molecule has 3 aromatic rings. The number of carbonyl (C=O) groups is 1. The molecule has 0 radical (unpaired) electrons. The molecule has 1 unspecified atom stereocenters. The van der Waals surface area contributed by atoms with Crippen LogP contribution < -0.4 is 9.62 Å². The van der Waals surface area contributed by atoms with Gasteiger partial charge >= 0.3 is 6.09 Å². The molecule has 0 saturated carbocycles.